The molecule has 0 bridgehead atoms. The number of ether oxygens (including phenoxy) is 2. The lowest BCUT2D eigenvalue weighted by Gasteiger charge is -2.24. The Morgan fingerprint density at radius 2 is 1.86 bits per heavy atom. The summed E-state index contributed by atoms with van der Waals surface area (Å²) in [6.07, 6.45) is 2.25. The number of hydrogen-bond acceptors (Lipinski definition) is 4. The van der Waals surface area contributed by atoms with Crippen molar-refractivity contribution >= 4 is 0 Å². The first kappa shape index (κ1) is 13.8. The van der Waals surface area contributed by atoms with Gasteiger partial charge in [-0.05, 0) is 5.92 Å². The van der Waals surface area contributed by atoms with Gasteiger partial charge in [0.1, 0.15) is 0 Å². The molecule has 0 fully saturated rings. The lowest BCUT2D eigenvalue weighted by molar-refractivity contribution is 0.0481. The van der Waals surface area contributed by atoms with Crippen LogP contribution in [-0.2, 0) is 9.47 Å². The molecular formula is C10H24N2O2. The van der Waals surface area contributed by atoms with E-state index in [1.54, 1.807) is 7.11 Å². The van der Waals surface area contributed by atoms with Crippen molar-refractivity contribution in [2.75, 3.05) is 26.9 Å². The first-order chi connectivity index (χ1) is 6.79. The Hall–Kier alpha value is -0.160. The van der Waals surface area contributed by atoms with E-state index in [0.717, 1.165) is 12.8 Å². The Morgan fingerprint density at radius 3 is 2.29 bits per heavy atom. The predicted octanol–water partition coefficient (Wildman–Crippen LogP) is 0.918. The fraction of sp³-hybridized carbons (Fsp3) is 1.00. The molecule has 0 rings (SSSR count). The summed E-state index contributed by atoms with van der Waals surface area (Å²) in [5.74, 6) is 6.06. The van der Waals surface area contributed by atoms with Crippen molar-refractivity contribution in [1.82, 2.24) is 5.43 Å². The maximum absolute atomic E-state index is 5.48. The molecule has 0 saturated carbocycles. The molecule has 0 aliphatic heterocycles. The van der Waals surface area contributed by atoms with Crippen LogP contribution in [0.1, 0.15) is 26.7 Å². The van der Waals surface area contributed by atoms with Gasteiger partial charge in [-0.15, -0.1) is 0 Å². The zero-order valence-electron chi connectivity index (χ0n) is 9.58. The lowest BCUT2D eigenvalue weighted by atomic mass is 9.95. The highest BCUT2D eigenvalue weighted by Crippen LogP contribution is 2.12. The fourth-order valence-electron chi connectivity index (χ4n) is 1.53. The quantitative estimate of drug-likeness (QED) is 0.333. The van der Waals surface area contributed by atoms with Gasteiger partial charge in [0.2, 0.25) is 0 Å². The van der Waals surface area contributed by atoms with Gasteiger partial charge in [-0.25, -0.2) is 0 Å². The fourth-order valence-corrected chi connectivity index (χ4v) is 1.53. The van der Waals surface area contributed by atoms with Crippen LogP contribution in [0.5, 0.6) is 0 Å². The number of methoxy groups -OCH3 is 1. The first-order valence-corrected chi connectivity index (χ1v) is 5.32. The van der Waals surface area contributed by atoms with Gasteiger partial charge in [0.25, 0.3) is 0 Å². The molecule has 3 N–H and O–H groups in total. The number of nitrogens with one attached hydrogen (secondary N) is 1. The molecular weight excluding hydrogens is 180 g/mol. The summed E-state index contributed by atoms with van der Waals surface area (Å²) in [6.45, 7) is 6.28. The Labute approximate surface area is 87.1 Å². The predicted molar refractivity (Wildman–Crippen MR) is 57.9 cm³/mol. The Kier molecular flexibility index (Phi) is 9.29. The second-order valence-corrected chi connectivity index (χ2v) is 3.42. The van der Waals surface area contributed by atoms with Crippen LogP contribution < -0.4 is 11.3 Å². The summed E-state index contributed by atoms with van der Waals surface area (Å²) in [5, 5.41) is 0. The minimum Gasteiger partial charge on any atom is -0.382 e. The van der Waals surface area contributed by atoms with Crippen molar-refractivity contribution in [3.05, 3.63) is 0 Å². The highest BCUT2D eigenvalue weighted by molar-refractivity contribution is 4.71. The van der Waals surface area contributed by atoms with Crippen molar-refractivity contribution in [3.63, 3.8) is 0 Å². The lowest BCUT2D eigenvalue weighted by Crippen LogP contribution is -2.44. The largest absolute Gasteiger partial charge is 0.382 e. The third kappa shape index (κ3) is 5.54. The Balaban J connectivity index is 3.65. The van der Waals surface area contributed by atoms with Crippen molar-refractivity contribution in [3.8, 4) is 0 Å². The number of nitrogens with two attached hydrogens (primary N) is 1. The van der Waals surface area contributed by atoms with Crippen LogP contribution in [0.4, 0.5) is 0 Å². The van der Waals surface area contributed by atoms with Crippen LogP contribution >= 0.6 is 0 Å². The van der Waals surface area contributed by atoms with Gasteiger partial charge in [0.05, 0.1) is 19.8 Å². The van der Waals surface area contributed by atoms with Crippen LogP contribution in [0.15, 0.2) is 0 Å². The molecule has 0 saturated heterocycles. The molecule has 0 amide bonds. The topological polar surface area (TPSA) is 56.5 Å². The van der Waals surface area contributed by atoms with Crippen molar-refractivity contribution in [2.24, 2.45) is 11.8 Å². The molecule has 86 valence electrons. The van der Waals surface area contributed by atoms with Crippen LogP contribution in [0.25, 0.3) is 0 Å². The van der Waals surface area contributed by atoms with Gasteiger partial charge in [-0.2, -0.15) is 0 Å². The van der Waals surface area contributed by atoms with E-state index in [0.29, 0.717) is 25.7 Å². The number of hydrogen-bond donors (Lipinski definition) is 2. The maximum Gasteiger partial charge on any atom is 0.0701 e. The van der Waals surface area contributed by atoms with Gasteiger partial charge >= 0.3 is 0 Å². The highest BCUT2D eigenvalue weighted by Gasteiger charge is 2.16. The second kappa shape index (κ2) is 9.40. The standard InChI is InChI=1S/C10H24N2O2/c1-4-9(5-2)10(12-11)8-14-7-6-13-3/h9-10,12H,4-8,11H2,1-3H3. The molecule has 0 spiro atoms. The summed E-state index contributed by atoms with van der Waals surface area (Å²) < 4.78 is 10.3. The van der Waals surface area contributed by atoms with Gasteiger partial charge in [-0.3, -0.25) is 11.3 Å². The molecule has 1 atom stereocenters. The van der Waals surface area contributed by atoms with Gasteiger partial charge in [-0.1, -0.05) is 26.7 Å². The van der Waals surface area contributed by atoms with Gasteiger partial charge < -0.3 is 9.47 Å². The minimum atomic E-state index is 0.252. The first-order valence-electron chi connectivity index (χ1n) is 5.32. The van der Waals surface area contributed by atoms with E-state index in [2.05, 4.69) is 19.3 Å². The normalized spacial score (nSPS) is 13.5. The molecule has 0 radical (unpaired) electrons. The molecule has 4 nitrogen and oxygen atoms in total. The van der Waals surface area contributed by atoms with E-state index >= 15 is 0 Å². The second-order valence-electron chi connectivity index (χ2n) is 3.42. The molecule has 0 aromatic rings. The molecule has 0 aliphatic carbocycles. The summed E-state index contributed by atoms with van der Waals surface area (Å²) in [6, 6.07) is 0.252. The molecule has 0 aliphatic rings. The molecule has 0 aromatic heterocycles. The zero-order chi connectivity index (χ0) is 10.8. The van der Waals surface area contributed by atoms with E-state index in [4.69, 9.17) is 15.3 Å². The van der Waals surface area contributed by atoms with Crippen LogP contribution in [-0.4, -0.2) is 33.0 Å². The molecule has 0 aromatic carbocycles. The van der Waals surface area contributed by atoms with Crippen LogP contribution in [0.2, 0.25) is 0 Å². The number of hydrazine groups is 1. The smallest absolute Gasteiger partial charge is 0.0701 e. The van der Waals surface area contributed by atoms with Gasteiger partial charge in [0, 0.05) is 13.2 Å². The average molecular weight is 204 g/mol. The Bertz CT molecular complexity index is 119. The minimum absolute atomic E-state index is 0.252. The third-order valence-corrected chi connectivity index (χ3v) is 2.56. The molecule has 4 heteroatoms. The van der Waals surface area contributed by atoms with Crippen molar-refractivity contribution in [1.29, 1.82) is 0 Å². The van der Waals surface area contributed by atoms with Gasteiger partial charge in [0.15, 0.2) is 0 Å². The van der Waals surface area contributed by atoms with E-state index < -0.39 is 0 Å². The number of rotatable bonds is 9. The zero-order valence-corrected chi connectivity index (χ0v) is 9.58. The van der Waals surface area contributed by atoms with Crippen molar-refractivity contribution < 1.29 is 9.47 Å². The van der Waals surface area contributed by atoms with Crippen LogP contribution in [0, 0.1) is 5.92 Å². The van der Waals surface area contributed by atoms with E-state index in [-0.39, 0.29) is 6.04 Å². The SMILES string of the molecule is CCC(CC)C(COCCOC)NN. The third-order valence-electron chi connectivity index (χ3n) is 2.56. The van der Waals surface area contributed by atoms with E-state index in [1.165, 1.54) is 0 Å². The average Bonchev–Trinajstić information content (AvgIpc) is 2.23. The highest BCUT2D eigenvalue weighted by atomic mass is 16.5. The summed E-state index contributed by atoms with van der Waals surface area (Å²) in [4.78, 5) is 0. The molecule has 0 heterocycles. The summed E-state index contributed by atoms with van der Waals surface area (Å²) in [7, 11) is 1.67. The molecule has 1 unspecified atom stereocenters. The summed E-state index contributed by atoms with van der Waals surface area (Å²) in [5.41, 5.74) is 2.82. The Morgan fingerprint density at radius 1 is 1.21 bits per heavy atom. The van der Waals surface area contributed by atoms with Crippen LogP contribution in [0.3, 0.4) is 0 Å². The van der Waals surface area contributed by atoms with E-state index in [9.17, 15) is 0 Å². The molecule has 14 heavy (non-hydrogen) atoms. The maximum atomic E-state index is 5.48. The summed E-state index contributed by atoms with van der Waals surface area (Å²) >= 11 is 0. The monoisotopic (exact) mass is 204 g/mol. The van der Waals surface area contributed by atoms with Crippen molar-refractivity contribution in [2.45, 2.75) is 32.7 Å². The van der Waals surface area contributed by atoms with E-state index in [1.807, 2.05) is 0 Å².